The van der Waals surface area contributed by atoms with Crippen molar-refractivity contribution in [3.05, 3.63) is 24.2 Å². The van der Waals surface area contributed by atoms with Crippen molar-refractivity contribution < 1.29 is 19.1 Å². The molecule has 1 aromatic rings. The zero-order valence-corrected chi connectivity index (χ0v) is 12.2. The summed E-state index contributed by atoms with van der Waals surface area (Å²) in [7, 11) is 0. The number of piperidine rings is 1. The number of hydrogen-bond donors (Lipinski definition) is 2. The third-order valence-electron chi connectivity index (χ3n) is 3.83. The standard InChI is InChI=1S/C15H22N2O4/c1-2-14(19)17-7-3-5-11(9-17)15(20)16-12(10-18)13-6-4-8-21-13/h4,6,8,11-12,18H,2-3,5,7,9-10H2,1H3,(H,16,20). The van der Waals surface area contributed by atoms with E-state index in [4.69, 9.17) is 4.42 Å². The van der Waals surface area contributed by atoms with Gasteiger partial charge in [0.2, 0.25) is 11.8 Å². The first-order valence-electron chi connectivity index (χ1n) is 7.38. The molecule has 2 N–H and O–H groups in total. The number of nitrogens with one attached hydrogen (secondary N) is 1. The third-order valence-corrected chi connectivity index (χ3v) is 3.83. The smallest absolute Gasteiger partial charge is 0.225 e. The van der Waals surface area contributed by atoms with Gasteiger partial charge in [0.25, 0.3) is 0 Å². The lowest BCUT2D eigenvalue weighted by atomic mass is 9.96. The highest BCUT2D eigenvalue weighted by molar-refractivity contribution is 5.81. The van der Waals surface area contributed by atoms with Gasteiger partial charge in [-0.25, -0.2) is 0 Å². The molecule has 116 valence electrons. The first-order chi connectivity index (χ1) is 10.2. The van der Waals surface area contributed by atoms with Gasteiger partial charge in [-0.1, -0.05) is 6.92 Å². The molecule has 6 nitrogen and oxygen atoms in total. The second kappa shape index (κ2) is 7.26. The molecule has 1 aromatic heterocycles. The molecule has 1 aliphatic rings. The van der Waals surface area contributed by atoms with Crippen molar-refractivity contribution in [2.75, 3.05) is 19.7 Å². The van der Waals surface area contributed by atoms with Crippen molar-refractivity contribution in [3.63, 3.8) is 0 Å². The zero-order chi connectivity index (χ0) is 15.2. The van der Waals surface area contributed by atoms with Crippen molar-refractivity contribution in [1.82, 2.24) is 10.2 Å². The Balaban J connectivity index is 1.94. The molecule has 1 aliphatic heterocycles. The van der Waals surface area contributed by atoms with Crippen molar-refractivity contribution in [1.29, 1.82) is 0 Å². The van der Waals surface area contributed by atoms with Gasteiger partial charge in [-0.3, -0.25) is 9.59 Å². The topological polar surface area (TPSA) is 82.8 Å². The van der Waals surface area contributed by atoms with Crippen LogP contribution in [0.1, 0.15) is 38.0 Å². The van der Waals surface area contributed by atoms with Gasteiger partial charge in [-0.15, -0.1) is 0 Å². The second-order valence-electron chi connectivity index (χ2n) is 5.29. The van der Waals surface area contributed by atoms with Crippen LogP contribution in [0.4, 0.5) is 0 Å². The van der Waals surface area contributed by atoms with Crippen LogP contribution in [-0.2, 0) is 9.59 Å². The molecule has 0 aliphatic carbocycles. The molecular formula is C15H22N2O4. The summed E-state index contributed by atoms with van der Waals surface area (Å²) in [6.45, 7) is 2.78. The largest absolute Gasteiger partial charge is 0.467 e. The number of likely N-dealkylation sites (tertiary alicyclic amines) is 1. The van der Waals surface area contributed by atoms with Crippen molar-refractivity contribution in [3.8, 4) is 0 Å². The van der Waals surface area contributed by atoms with E-state index >= 15 is 0 Å². The first-order valence-corrected chi connectivity index (χ1v) is 7.38. The fourth-order valence-electron chi connectivity index (χ4n) is 2.63. The Morgan fingerprint density at radius 2 is 2.38 bits per heavy atom. The number of carbonyl (C=O) groups is 2. The minimum Gasteiger partial charge on any atom is -0.467 e. The number of aliphatic hydroxyl groups excluding tert-OH is 1. The van der Waals surface area contributed by atoms with Crippen LogP contribution in [0.3, 0.4) is 0 Å². The minimum absolute atomic E-state index is 0.0808. The molecule has 0 aromatic carbocycles. The predicted molar refractivity (Wildman–Crippen MR) is 76.3 cm³/mol. The lowest BCUT2D eigenvalue weighted by molar-refractivity contribution is -0.135. The fraction of sp³-hybridized carbons (Fsp3) is 0.600. The lowest BCUT2D eigenvalue weighted by Gasteiger charge is -2.32. The van der Waals surface area contributed by atoms with Gasteiger partial charge < -0.3 is 19.7 Å². The molecule has 2 rings (SSSR count). The van der Waals surface area contributed by atoms with Crippen LogP contribution in [-0.4, -0.2) is 41.5 Å². The first kappa shape index (κ1) is 15.6. The van der Waals surface area contributed by atoms with E-state index in [1.165, 1.54) is 6.26 Å². The SMILES string of the molecule is CCC(=O)N1CCCC(C(=O)NC(CO)c2ccco2)C1. The van der Waals surface area contributed by atoms with Crippen LogP contribution in [0.5, 0.6) is 0 Å². The Kier molecular flexibility index (Phi) is 5.38. The van der Waals surface area contributed by atoms with Crippen molar-refractivity contribution in [2.24, 2.45) is 5.92 Å². The molecule has 0 radical (unpaired) electrons. The van der Waals surface area contributed by atoms with Crippen molar-refractivity contribution in [2.45, 2.75) is 32.2 Å². The van der Waals surface area contributed by atoms with E-state index in [0.717, 1.165) is 19.4 Å². The van der Waals surface area contributed by atoms with Gasteiger partial charge in [-0.05, 0) is 25.0 Å². The van der Waals surface area contributed by atoms with E-state index in [0.29, 0.717) is 18.7 Å². The molecule has 0 bridgehead atoms. The fourth-order valence-corrected chi connectivity index (χ4v) is 2.63. The zero-order valence-electron chi connectivity index (χ0n) is 12.2. The van der Waals surface area contributed by atoms with Gasteiger partial charge in [0.05, 0.1) is 18.8 Å². The second-order valence-corrected chi connectivity index (χ2v) is 5.29. The van der Waals surface area contributed by atoms with E-state index in [9.17, 15) is 14.7 Å². The quantitative estimate of drug-likeness (QED) is 0.851. The number of amides is 2. The van der Waals surface area contributed by atoms with Crippen LogP contribution >= 0.6 is 0 Å². The molecule has 1 saturated heterocycles. The van der Waals surface area contributed by atoms with Gasteiger partial charge in [0.1, 0.15) is 11.8 Å². The minimum atomic E-state index is -0.537. The predicted octanol–water partition coefficient (Wildman–Crippen LogP) is 1.08. The normalized spacial score (nSPS) is 20.1. The van der Waals surface area contributed by atoms with Crippen LogP contribution in [0, 0.1) is 5.92 Å². The lowest BCUT2D eigenvalue weighted by Crippen LogP contribution is -2.46. The van der Waals surface area contributed by atoms with Crippen molar-refractivity contribution >= 4 is 11.8 Å². The molecule has 2 amide bonds. The summed E-state index contributed by atoms with van der Waals surface area (Å²) in [5.41, 5.74) is 0. The van der Waals surface area contributed by atoms with Crippen LogP contribution < -0.4 is 5.32 Å². The summed E-state index contributed by atoms with van der Waals surface area (Å²) in [4.78, 5) is 25.8. The number of furan rings is 1. The van der Waals surface area contributed by atoms with E-state index in [2.05, 4.69) is 5.32 Å². The molecule has 0 saturated carbocycles. The number of aliphatic hydroxyl groups is 1. The summed E-state index contributed by atoms with van der Waals surface area (Å²) < 4.78 is 5.21. The molecule has 2 unspecified atom stereocenters. The maximum atomic E-state index is 12.3. The Hall–Kier alpha value is -1.82. The third kappa shape index (κ3) is 3.85. The average molecular weight is 294 g/mol. The molecular weight excluding hydrogens is 272 g/mol. The summed E-state index contributed by atoms with van der Waals surface area (Å²) >= 11 is 0. The number of carbonyl (C=O) groups excluding carboxylic acids is 2. The molecule has 21 heavy (non-hydrogen) atoms. The molecule has 1 fully saturated rings. The van der Waals surface area contributed by atoms with E-state index in [-0.39, 0.29) is 24.3 Å². The molecule has 6 heteroatoms. The Morgan fingerprint density at radius 1 is 1.57 bits per heavy atom. The highest BCUT2D eigenvalue weighted by Gasteiger charge is 2.29. The van der Waals surface area contributed by atoms with Gasteiger partial charge >= 0.3 is 0 Å². The van der Waals surface area contributed by atoms with E-state index in [1.807, 2.05) is 6.92 Å². The highest BCUT2D eigenvalue weighted by Crippen LogP contribution is 2.19. The van der Waals surface area contributed by atoms with Crippen LogP contribution in [0.15, 0.2) is 22.8 Å². The number of nitrogens with zero attached hydrogens (tertiary/aromatic N) is 1. The molecule has 2 heterocycles. The Morgan fingerprint density at radius 3 is 3.00 bits per heavy atom. The summed E-state index contributed by atoms with van der Waals surface area (Å²) in [6.07, 6.45) is 3.55. The Bertz CT molecular complexity index is 472. The maximum absolute atomic E-state index is 12.3. The monoisotopic (exact) mass is 294 g/mol. The van der Waals surface area contributed by atoms with Gasteiger partial charge in [0.15, 0.2) is 0 Å². The van der Waals surface area contributed by atoms with Gasteiger partial charge in [-0.2, -0.15) is 0 Å². The van der Waals surface area contributed by atoms with E-state index in [1.54, 1.807) is 17.0 Å². The van der Waals surface area contributed by atoms with Crippen LogP contribution in [0.25, 0.3) is 0 Å². The number of hydrogen-bond acceptors (Lipinski definition) is 4. The Labute approximate surface area is 124 Å². The molecule has 2 atom stereocenters. The highest BCUT2D eigenvalue weighted by atomic mass is 16.3. The maximum Gasteiger partial charge on any atom is 0.225 e. The summed E-state index contributed by atoms with van der Waals surface area (Å²) in [5, 5.41) is 12.2. The van der Waals surface area contributed by atoms with Crippen LogP contribution in [0.2, 0.25) is 0 Å². The summed E-state index contributed by atoms with van der Waals surface area (Å²) in [6, 6.07) is 2.89. The van der Waals surface area contributed by atoms with E-state index < -0.39 is 6.04 Å². The number of rotatable bonds is 5. The van der Waals surface area contributed by atoms with Gasteiger partial charge in [0, 0.05) is 19.5 Å². The molecule has 0 spiro atoms. The average Bonchev–Trinajstić information content (AvgIpc) is 3.05. The summed E-state index contributed by atoms with van der Waals surface area (Å²) in [5.74, 6) is 0.248.